The Hall–Kier alpha value is -3.98. The second-order valence-electron chi connectivity index (χ2n) is 9.73. The Morgan fingerprint density at radius 1 is 1.08 bits per heavy atom. The average molecular weight is 550 g/mol. The van der Waals surface area contributed by atoms with Gasteiger partial charge in [-0.3, -0.25) is 9.78 Å². The van der Waals surface area contributed by atoms with E-state index in [1.54, 1.807) is 36.7 Å². The molecule has 2 aliphatic heterocycles. The molecule has 3 aromatic rings. The molecule has 1 fully saturated rings. The molecular formula is C29H32ClN5O4. The number of halogens is 1. The first kappa shape index (κ1) is 26.6. The third kappa shape index (κ3) is 6.04. The molecule has 2 aromatic carbocycles. The van der Waals surface area contributed by atoms with E-state index in [-0.39, 0.29) is 18.0 Å². The monoisotopic (exact) mass is 549 g/mol. The van der Waals surface area contributed by atoms with Crippen LogP contribution < -0.4 is 25.0 Å². The SMILES string of the molecule is COc1ccc(Cl)cc1NC(=O)NC1CCOc2ccc(C(=O)N(C)C3CCN(c4ccncc4)CC3)cc21. The van der Waals surface area contributed by atoms with Gasteiger partial charge in [0.25, 0.3) is 5.91 Å². The summed E-state index contributed by atoms with van der Waals surface area (Å²) < 4.78 is 11.1. The van der Waals surface area contributed by atoms with Crippen LogP contribution in [0.3, 0.4) is 0 Å². The van der Waals surface area contributed by atoms with Crippen molar-refractivity contribution in [3.63, 3.8) is 0 Å². The molecular weight excluding hydrogens is 518 g/mol. The fourth-order valence-electron chi connectivity index (χ4n) is 5.21. The molecule has 0 bridgehead atoms. The second-order valence-corrected chi connectivity index (χ2v) is 10.2. The van der Waals surface area contributed by atoms with Crippen molar-refractivity contribution in [2.24, 2.45) is 0 Å². The molecule has 10 heteroatoms. The van der Waals surface area contributed by atoms with E-state index < -0.39 is 6.03 Å². The number of pyridine rings is 1. The number of fused-ring (bicyclic) bond motifs is 1. The van der Waals surface area contributed by atoms with Crippen LogP contribution in [0.4, 0.5) is 16.2 Å². The number of nitrogens with one attached hydrogen (secondary N) is 2. The largest absolute Gasteiger partial charge is 0.495 e. The van der Waals surface area contributed by atoms with E-state index in [1.807, 2.05) is 36.2 Å². The number of nitrogens with zero attached hydrogens (tertiary/aromatic N) is 3. The molecule has 2 N–H and O–H groups in total. The summed E-state index contributed by atoms with van der Waals surface area (Å²) in [6, 6.07) is 13.9. The fourth-order valence-corrected chi connectivity index (χ4v) is 5.38. The number of anilines is 2. The number of benzene rings is 2. The average Bonchev–Trinajstić information content (AvgIpc) is 2.97. The van der Waals surface area contributed by atoms with Gasteiger partial charge in [-0.15, -0.1) is 0 Å². The number of hydrogen-bond donors (Lipinski definition) is 2. The van der Waals surface area contributed by atoms with Crippen LogP contribution in [-0.4, -0.2) is 61.7 Å². The van der Waals surface area contributed by atoms with Gasteiger partial charge in [-0.25, -0.2) is 4.79 Å². The Morgan fingerprint density at radius 3 is 2.59 bits per heavy atom. The van der Waals surface area contributed by atoms with Gasteiger partial charge in [0.15, 0.2) is 0 Å². The van der Waals surface area contributed by atoms with E-state index in [2.05, 4.69) is 20.5 Å². The minimum Gasteiger partial charge on any atom is -0.495 e. The zero-order valence-electron chi connectivity index (χ0n) is 22.0. The number of carbonyl (C=O) groups is 2. The first-order chi connectivity index (χ1) is 18.9. The molecule has 3 heterocycles. The summed E-state index contributed by atoms with van der Waals surface area (Å²) in [5, 5.41) is 6.31. The van der Waals surface area contributed by atoms with Crippen molar-refractivity contribution in [1.29, 1.82) is 0 Å². The van der Waals surface area contributed by atoms with Crippen LogP contribution in [0.5, 0.6) is 11.5 Å². The summed E-state index contributed by atoms with van der Waals surface area (Å²) in [5.74, 6) is 1.12. The molecule has 204 valence electrons. The summed E-state index contributed by atoms with van der Waals surface area (Å²) in [6.07, 6.45) is 5.95. The lowest BCUT2D eigenvalue weighted by atomic mass is 9.97. The molecule has 1 saturated heterocycles. The lowest BCUT2D eigenvalue weighted by Crippen LogP contribution is -2.45. The molecule has 0 radical (unpaired) electrons. The van der Waals surface area contributed by atoms with Gasteiger partial charge in [-0.05, 0) is 61.4 Å². The molecule has 0 saturated carbocycles. The quantitative estimate of drug-likeness (QED) is 0.442. The number of ether oxygens (including phenoxy) is 2. The Morgan fingerprint density at radius 2 is 1.85 bits per heavy atom. The second kappa shape index (κ2) is 11.8. The molecule has 0 spiro atoms. The molecule has 1 atom stereocenters. The molecule has 5 rings (SSSR count). The maximum atomic E-state index is 13.5. The standard InChI is InChI=1S/C29H32ClN5O4/c1-34(21-9-14-35(15-10-21)22-7-12-31-13-8-22)28(36)19-3-5-26-23(17-19)24(11-16-39-26)32-29(37)33-25-18-20(30)4-6-27(25)38-2/h3-8,12-13,17-18,21,24H,9-11,14-16H2,1-2H3,(H2,32,33,37). The Balaban J connectivity index is 1.25. The summed E-state index contributed by atoms with van der Waals surface area (Å²) in [4.78, 5) is 34.6. The maximum Gasteiger partial charge on any atom is 0.319 e. The van der Waals surface area contributed by atoms with E-state index in [9.17, 15) is 9.59 Å². The summed E-state index contributed by atoms with van der Waals surface area (Å²) >= 11 is 6.10. The highest BCUT2D eigenvalue weighted by Crippen LogP contribution is 2.34. The lowest BCUT2D eigenvalue weighted by molar-refractivity contribution is 0.0709. The van der Waals surface area contributed by atoms with Gasteiger partial charge in [0, 0.05) is 66.8 Å². The minimum atomic E-state index is -0.400. The van der Waals surface area contributed by atoms with Crippen molar-refractivity contribution in [3.05, 3.63) is 77.1 Å². The van der Waals surface area contributed by atoms with Gasteiger partial charge in [-0.2, -0.15) is 0 Å². The van der Waals surface area contributed by atoms with E-state index in [4.69, 9.17) is 21.1 Å². The van der Waals surface area contributed by atoms with Gasteiger partial charge in [0.1, 0.15) is 11.5 Å². The maximum absolute atomic E-state index is 13.5. The Kier molecular flexibility index (Phi) is 8.07. The van der Waals surface area contributed by atoms with Crippen LogP contribution >= 0.6 is 11.6 Å². The zero-order valence-corrected chi connectivity index (χ0v) is 22.8. The minimum absolute atomic E-state index is 0.0439. The molecule has 2 aliphatic rings. The highest BCUT2D eigenvalue weighted by molar-refractivity contribution is 6.31. The van der Waals surface area contributed by atoms with Gasteiger partial charge in [-0.1, -0.05) is 11.6 Å². The highest BCUT2D eigenvalue weighted by Gasteiger charge is 2.29. The van der Waals surface area contributed by atoms with Crippen molar-refractivity contribution in [2.75, 3.05) is 44.1 Å². The van der Waals surface area contributed by atoms with Crippen molar-refractivity contribution in [1.82, 2.24) is 15.2 Å². The van der Waals surface area contributed by atoms with Gasteiger partial charge in [0.2, 0.25) is 0 Å². The molecule has 1 aromatic heterocycles. The number of amides is 3. The van der Waals surface area contributed by atoms with Crippen molar-refractivity contribution >= 4 is 34.9 Å². The summed E-state index contributed by atoms with van der Waals surface area (Å²) in [7, 11) is 3.40. The molecule has 1 unspecified atom stereocenters. The third-order valence-electron chi connectivity index (χ3n) is 7.37. The van der Waals surface area contributed by atoms with Crippen LogP contribution in [0.15, 0.2) is 60.9 Å². The van der Waals surface area contributed by atoms with Crippen LogP contribution in [-0.2, 0) is 0 Å². The van der Waals surface area contributed by atoms with Gasteiger partial charge < -0.3 is 29.9 Å². The lowest BCUT2D eigenvalue weighted by Gasteiger charge is -2.38. The summed E-state index contributed by atoms with van der Waals surface area (Å²) in [6.45, 7) is 2.22. The number of hydrogen-bond acceptors (Lipinski definition) is 6. The van der Waals surface area contributed by atoms with Crippen molar-refractivity contribution in [3.8, 4) is 11.5 Å². The molecule has 3 amide bonds. The number of methoxy groups -OCH3 is 1. The number of piperidine rings is 1. The Labute approximate surface area is 233 Å². The van der Waals surface area contributed by atoms with Crippen molar-refractivity contribution < 1.29 is 19.1 Å². The molecule has 0 aliphatic carbocycles. The summed E-state index contributed by atoms with van der Waals surface area (Å²) in [5.41, 5.74) is 2.97. The number of aromatic nitrogens is 1. The van der Waals surface area contributed by atoms with E-state index in [0.717, 1.165) is 37.2 Å². The van der Waals surface area contributed by atoms with Crippen LogP contribution in [0, 0.1) is 0 Å². The highest BCUT2D eigenvalue weighted by atomic mass is 35.5. The van der Waals surface area contributed by atoms with Crippen LogP contribution in [0.2, 0.25) is 5.02 Å². The van der Waals surface area contributed by atoms with Gasteiger partial charge in [0.05, 0.1) is 25.4 Å². The van der Waals surface area contributed by atoms with Crippen LogP contribution in [0.25, 0.3) is 0 Å². The van der Waals surface area contributed by atoms with E-state index >= 15 is 0 Å². The normalized spacial score (nSPS) is 17.0. The third-order valence-corrected chi connectivity index (χ3v) is 7.61. The predicted molar refractivity (Wildman–Crippen MR) is 151 cm³/mol. The topological polar surface area (TPSA) is 96.0 Å². The molecule has 39 heavy (non-hydrogen) atoms. The van der Waals surface area contributed by atoms with E-state index in [1.165, 1.54) is 7.11 Å². The Bertz CT molecular complexity index is 1330. The molecule has 9 nitrogen and oxygen atoms in total. The smallest absolute Gasteiger partial charge is 0.319 e. The first-order valence-electron chi connectivity index (χ1n) is 13.0. The van der Waals surface area contributed by atoms with Crippen molar-refractivity contribution in [2.45, 2.75) is 31.3 Å². The fraction of sp³-hybridized carbons (Fsp3) is 0.345. The zero-order chi connectivity index (χ0) is 27.4. The first-order valence-corrected chi connectivity index (χ1v) is 13.4. The number of rotatable bonds is 6. The van der Waals surface area contributed by atoms with Gasteiger partial charge >= 0.3 is 6.03 Å². The number of urea groups is 1. The van der Waals surface area contributed by atoms with E-state index in [0.29, 0.717) is 40.8 Å². The predicted octanol–water partition coefficient (Wildman–Crippen LogP) is 5.13. The number of carbonyl (C=O) groups excluding carboxylic acids is 2. The van der Waals surface area contributed by atoms with Crippen LogP contribution in [0.1, 0.15) is 41.2 Å².